The maximum Gasteiger partial charge on any atom is 0.262 e. The highest BCUT2D eigenvalue weighted by Crippen LogP contribution is 2.25. The number of oxazole rings is 1. The molecule has 0 aliphatic heterocycles. The van der Waals surface area contributed by atoms with Crippen molar-refractivity contribution in [1.82, 2.24) is 9.97 Å². The van der Waals surface area contributed by atoms with Gasteiger partial charge in [-0.3, -0.25) is 0 Å². The molecule has 0 aromatic carbocycles. The Balaban J connectivity index is 2.11. The third-order valence-corrected chi connectivity index (χ3v) is 2.89. The molecule has 5 heteroatoms. The number of hydrogen-bond donors (Lipinski definition) is 1. The number of aromatic nitrogens is 2. The first-order valence-electron chi connectivity index (χ1n) is 4.96. The van der Waals surface area contributed by atoms with Crippen LogP contribution in [0.1, 0.15) is 24.2 Å². The molecular weight excluding hydrogens is 222 g/mol. The van der Waals surface area contributed by atoms with Crippen molar-refractivity contribution in [3.8, 4) is 0 Å². The first-order valence-corrected chi connectivity index (χ1v) is 5.78. The molecule has 0 aliphatic rings. The predicted molar refractivity (Wildman–Crippen MR) is 62.2 cm³/mol. The highest BCUT2D eigenvalue weighted by atomic mass is 32.2. The standard InChI is InChI=1S/C11H13N3OS/c1-7-6-15-11(14-7)16-10-4-3-9(5-13-10)8(2)12/h3-6,8H,12H2,1-2H3/t8-/m0/s1. The van der Waals surface area contributed by atoms with Crippen LogP contribution < -0.4 is 5.73 Å². The molecule has 0 amide bonds. The van der Waals surface area contributed by atoms with Crippen LogP contribution in [0.25, 0.3) is 0 Å². The van der Waals surface area contributed by atoms with E-state index in [1.807, 2.05) is 26.0 Å². The van der Waals surface area contributed by atoms with Gasteiger partial charge in [0.25, 0.3) is 5.22 Å². The summed E-state index contributed by atoms with van der Waals surface area (Å²) in [6.07, 6.45) is 3.40. The number of hydrogen-bond acceptors (Lipinski definition) is 5. The molecule has 0 unspecified atom stereocenters. The summed E-state index contributed by atoms with van der Waals surface area (Å²) in [6.45, 7) is 3.82. The summed E-state index contributed by atoms with van der Waals surface area (Å²) in [5, 5.41) is 1.46. The zero-order valence-corrected chi connectivity index (χ0v) is 9.99. The number of rotatable bonds is 3. The summed E-state index contributed by atoms with van der Waals surface area (Å²) in [5.41, 5.74) is 7.63. The van der Waals surface area contributed by atoms with E-state index in [0.29, 0.717) is 5.22 Å². The molecule has 2 aromatic heterocycles. The molecule has 16 heavy (non-hydrogen) atoms. The van der Waals surface area contributed by atoms with Gasteiger partial charge in [0.1, 0.15) is 11.3 Å². The number of aryl methyl sites for hydroxylation is 1. The van der Waals surface area contributed by atoms with Crippen LogP contribution in [0.5, 0.6) is 0 Å². The third-order valence-electron chi connectivity index (χ3n) is 2.07. The minimum Gasteiger partial charge on any atom is -0.439 e. The normalized spacial score (nSPS) is 12.7. The fourth-order valence-electron chi connectivity index (χ4n) is 1.19. The number of pyridine rings is 1. The summed E-state index contributed by atoms with van der Waals surface area (Å²) < 4.78 is 5.23. The largest absolute Gasteiger partial charge is 0.439 e. The van der Waals surface area contributed by atoms with Crippen molar-refractivity contribution in [2.24, 2.45) is 5.73 Å². The highest BCUT2D eigenvalue weighted by Gasteiger charge is 2.05. The average Bonchev–Trinajstić information content (AvgIpc) is 2.65. The first kappa shape index (κ1) is 11.2. The van der Waals surface area contributed by atoms with Gasteiger partial charge in [-0.1, -0.05) is 6.07 Å². The van der Waals surface area contributed by atoms with E-state index in [9.17, 15) is 0 Å². The molecule has 2 aromatic rings. The molecule has 1 atom stereocenters. The van der Waals surface area contributed by atoms with Crippen molar-refractivity contribution >= 4 is 11.8 Å². The van der Waals surface area contributed by atoms with E-state index >= 15 is 0 Å². The van der Waals surface area contributed by atoms with Crippen LogP contribution in [-0.4, -0.2) is 9.97 Å². The Bertz CT molecular complexity index is 464. The van der Waals surface area contributed by atoms with Gasteiger partial charge in [0, 0.05) is 12.2 Å². The van der Waals surface area contributed by atoms with Crippen LogP contribution >= 0.6 is 11.8 Å². The molecule has 0 saturated carbocycles. The van der Waals surface area contributed by atoms with Crippen LogP contribution in [0.3, 0.4) is 0 Å². The first-order chi connectivity index (χ1) is 7.65. The number of nitrogens with zero attached hydrogens (tertiary/aromatic N) is 2. The molecule has 0 bridgehead atoms. The zero-order valence-electron chi connectivity index (χ0n) is 9.18. The Labute approximate surface area is 98.3 Å². The molecule has 0 saturated heterocycles. The van der Waals surface area contributed by atoms with E-state index in [1.165, 1.54) is 11.8 Å². The van der Waals surface area contributed by atoms with Gasteiger partial charge in [0.2, 0.25) is 0 Å². The van der Waals surface area contributed by atoms with E-state index in [1.54, 1.807) is 12.5 Å². The molecule has 0 spiro atoms. The number of nitrogens with two attached hydrogens (primary N) is 1. The second kappa shape index (κ2) is 4.67. The van der Waals surface area contributed by atoms with Gasteiger partial charge in [-0.15, -0.1) is 0 Å². The maximum atomic E-state index is 5.74. The van der Waals surface area contributed by atoms with Crippen molar-refractivity contribution in [1.29, 1.82) is 0 Å². The lowest BCUT2D eigenvalue weighted by Gasteiger charge is -2.04. The SMILES string of the molecule is Cc1coc(Sc2ccc([C@H](C)N)cn2)n1. The van der Waals surface area contributed by atoms with Crippen LogP contribution in [-0.2, 0) is 0 Å². The fraction of sp³-hybridized carbons (Fsp3) is 0.273. The molecule has 0 aliphatic carbocycles. The van der Waals surface area contributed by atoms with E-state index in [2.05, 4.69) is 9.97 Å². The van der Waals surface area contributed by atoms with Crippen molar-refractivity contribution in [3.05, 3.63) is 35.9 Å². The highest BCUT2D eigenvalue weighted by molar-refractivity contribution is 7.99. The minimum atomic E-state index is 0.00975. The van der Waals surface area contributed by atoms with Gasteiger partial charge in [-0.25, -0.2) is 9.97 Å². The maximum absolute atomic E-state index is 5.74. The Morgan fingerprint density at radius 1 is 1.44 bits per heavy atom. The quantitative estimate of drug-likeness (QED) is 0.885. The van der Waals surface area contributed by atoms with Crippen molar-refractivity contribution in [3.63, 3.8) is 0 Å². The topological polar surface area (TPSA) is 64.9 Å². The molecule has 2 rings (SSSR count). The molecular formula is C11H13N3OS. The minimum absolute atomic E-state index is 0.00975. The van der Waals surface area contributed by atoms with E-state index in [4.69, 9.17) is 10.2 Å². The second-order valence-electron chi connectivity index (χ2n) is 3.58. The molecule has 2 heterocycles. The van der Waals surface area contributed by atoms with Gasteiger partial charge in [0.15, 0.2) is 0 Å². The summed E-state index contributed by atoms with van der Waals surface area (Å²) in [6, 6.07) is 3.90. The van der Waals surface area contributed by atoms with Crippen molar-refractivity contribution in [2.45, 2.75) is 30.1 Å². The van der Waals surface area contributed by atoms with E-state index in [-0.39, 0.29) is 6.04 Å². The summed E-state index contributed by atoms with van der Waals surface area (Å²) in [4.78, 5) is 8.48. The molecule has 0 radical (unpaired) electrons. The lowest BCUT2D eigenvalue weighted by molar-refractivity contribution is 0.454. The van der Waals surface area contributed by atoms with E-state index < -0.39 is 0 Å². The van der Waals surface area contributed by atoms with Crippen molar-refractivity contribution in [2.75, 3.05) is 0 Å². The Hall–Kier alpha value is -1.33. The smallest absolute Gasteiger partial charge is 0.262 e. The van der Waals surface area contributed by atoms with Crippen molar-refractivity contribution < 1.29 is 4.42 Å². The molecule has 84 valence electrons. The van der Waals surface area contributed by atoms with Crippen LogP contribution in [0.15, 0.2) is 39.3 Å². The Kier molecular flexibility index (Phi) is 3.26. The van der Waals surface area contributed by atoms with Gasteiger partial charge in [-0.2, -0.15) is 0 Å². The molecule has 2 N–H and O–H groups in total. The third kappa shape index (κ3) is 2.62. The molecule has 0 fully saturated rings. The zero-order chi connectivity index (χ0) is 11.5. The van der Waals surface area contributed by atoms with Gasteiger partial charge in [-0.05, 0) is 37.2 Å². The summed E-state index contributed by atoms with van der Waals surface area (Å²) in [5.74, 6) is 0. The lowest BCUT2D eigenvalue weighted by Crippen LogP contribution is -2.04. The monoisotopic (exact) mass is 235 g/mol. The fourth-order valence-corrected chi connectivity index (χ4v) is 1.90. The predicted octanol–water partition coefficient (Wildman–Crippen LogP) is 2.55. The van der Waals surface area contributed by atoms with Gasteiger partial charge >= 0.3 is 0 Å². The lowest BCUT2D eigenvalue weighted by atomic mass is 10.2. The molecule has 4 nitrogen and oxygen atoms in total. The summed E-state index contributed by atoms with van der Waals surface area (Å²) in [7, 11) is 0. The Morgan fingerprint density at radius 3 is 2.75 bits per heavy atom. The van der Waals surface area contributed by atoms with Crippen LogP contribution in [0.2, 0.25) is 0 Å². The van der Waals surface area contributed by atoms with Gasteiger partial charge in [0.05, 0.1) is 5.69 Å². The van der Waals surface area contributed by atoms with Crippen LogP contribution in [0, 0.1) is 6.92 Å². The Morgan fingerprint density at radius 2 is 2.25 bits per heavy atom. The second-order valence-corrected chi connectivity index (χ2v) is 4.55. The summed E-state index contributed by atoms with van der Waals surface area (Å²) >= 11 is 1.40. The van der Waals surface area contributed by atoms with Gasteiger partial charge < -0.3 is 10.2 Å². The average molecular weight is 235 g/mol. The van der Waals surface area contributed by atoms with E-state index in [0.717, 1.165) is 16.3 Å². The van der Waals surface area contributed by atoms with Crippen LogP contribution in [0.4, 0.5) is 0 Å².